The molecule has 0 fully saturated rings. The van der Waals surface area contributed by atoms with E-state index in [0.717, 1.165) is 10.9 Å². The third kappa shape index (κ3) is 2.39. The summed E-state index contributed by atoms with van der Waals surface area (Å²) in [4.78, 5) is 0. The molecule has 78 valence electrons. The quantitative estimate of drug-likeness (QED) is 0.761. The van der Waals surface area contributed by atoms with E-state index in [0.29, 0.717) is 5.02 Å². The highest BCUT2D eigenvalue weighted by Crippen LogP contribution is 2.33. The van der Waals surface area contributed by atoms with E-state index in [1.165, 1.54) is 13.2 Å². The third-order valence-electron chi connectivity index (χ3n) is 2.00. The smallest absolute Gasteiger partial charge is 0.166 e. The number of methoxy groups -OCH3 is 1. The van der Waals surface area contributed by atoms with Gasteiger partial charge in [0.1, 0.15) is 0 Å². The standard InChI is InChI=1S/C10H11BrClFO/c1-6(5-11)8-3-7(12)4-9(13)10(8)14-2/h3-4,6H,5H2,1-2H3. The Hall–Kier alpha value is -0.280. The van der Waals surface area contributed by atoms with Gasteiger partial charge in [-0.15, -0.1) is 0 Å². The lowest BCUT2D eigenvalue weighted by molar-refractivity contribution is 0.379. The molecule has 1 nitrogen and oxygen atoms in total. The van der Waals surface area contributed by atoms with Crippen LogP contribution in [0.3, 0.4) is 0 Å². The van der Waals surface area contributed by atoms with Gasteiger partial charge in [-0.05, 0) is 18.1 Å². The average Bonchev–Trinajstić information content (AvgIpc) is 2.15. The minimum Gasteiger partial charge on any atom is -0.493 e. The van der Waals surface area contributed by atoms with Crippen molar-refractivity contribution in [2.45, 2.75) is 12.8 Å². The first-order valence-electron chi connectivity index (χ1n) is 4.19. The summed E-state index contributed by atoms with van der Waals surface area (Å²) in [6.07, 6.45) is 0. The molecule has 1 rings (SSSR count). The van der Waals surface area contributed by atoms with E-state index in [1.807, 2.05) is 6.92 Å². The molecule has 0 amide bonds. The molecule has 1 aromatic rings. The van der Waals surface area contributed by atoms with E-state index in [2.05, 4.69) is 15.9 Å². The molecular weight excluding hydrogens is 270 g/mol. The van der Waals surface area contributed by atoms with Crippen molar-refractivity contribution in [1.29, 1.82) is 0 Å². The SMILES string of the molecule is COc1c(F)cc(Cl)cc1C(C)CBr. The number of benzene rings is 1. The van der Waals surface area contributed by atoms with Crippen molar-refractivity contribution < 1.29 is 9.13 Å². The van der Waals surface area contributed by atoms with Gasteiger partial charge in [-0.3, -0.25) is 0 Å². The molecule has 0 aliphatic carbocycles. The van der Waals surface area contributed by atoms with Gasteiger partial charge in [-0.1, -0.05) is 34.5 Å². The number of rotatable bonds is 3. The Kier molecular flexibility index (Phi) is 4.20. The molecular formula is C10H11BrClFO. The van der Waals surface area contributed by atoms with Crippen LogP contribution in [0.1, 0.15) is 18.4 Å². The highest BCUT2D eigenvalue weighted by atomic mass is 79.9. The zero-order chi connectivity index (χ0) is 10.7. The first kappa shape index (κ1) is 11.8. The van der Waals surface area contributed by atoms with Crippen LogP contribution in [0.5, 0.6) is 5.75 Å². The van der Waals surface area contributed by atoms with Crippen LogP contribution in [0.2, 0.25) is 5.02 Å². The van der Waals surface area contributed by atoms with Gasteiger partial charge in [0.15, 0.2) is 11.6 Å². The van der Waals surface area contributed by atoms with Crippen molar-refractivity contribution >= 4 is 27.5 Å². The van der Waals surface area contributed by atoms with Gasteiger partial charge in [-0.25, -0.2) is 4.39 Å². The maximum absolute atomic E-state index is 13.4. The topological polar surface area (TPSA) is 9.23 Å². The molecule has 0 aliphatic heterocycles. The lowest BCUT2D eigenvalue weighted by Gasteiger charge is -2.14. The van der Waals surface area contributed by atoms with Gasteiger partial charge >= 0.3 is 0 Å². The van der Waals surface area contributed by atoms with Crippen LogP contribution in [-0.2, 0) is 0 Å². The molecule has 1 unspecified atom stereocenters. The maximum atomic E-state index is 13.4. The number of hydrogen-bond acceptors (Lipinski definition) is 1. The molecule has 0 bridgehead atoms. The van der Waals surface area contributed by atoms with Gasteiger partial charge in [0.05, 0.1) is 7.11 Å². The zero-order valence-electron chi connectivity index (χ0n) is 7.98. The molecule has 14 heavy (non-hydrogen) atoms. The maximum Gasteiger partial charge on any atom is 0.166 e. The number of hydrogen-bond donors (Lipinski definition) is 0. The van der Waals surface area contributed by atoms with Crippen molar-refractivity contribution in [3.05, 3.63) is 28.5 Å². The lowest BCUT2D eigenvalue weighted by atomic mass is 10.0. The Labute approximate surface area is 96.3 Å². The Bertz CT molecular complexity index is 330. The largest absolute Gasteiger partial charge is 0.493 e. The first-order valence-corrected chi connectivity index (χ1v) is 5.69. The van der Waals surface area contributed by atoms with E-state index >= 15 is 0 Å². The molecule has 0 radical (unpaired) electrons. The van der Waals surface area contributed by atoms with Crippen molar-refractivity contribution in [2.75, 3.05) is 12.4 Å². The van der Waals surface area contributed by atoms with Crippen LogP contribution in [0, 0.1) is 5.82 Å². The Morgan fingerprint density at radius 3 is 2.71 bits per heavy atom. The van der Waals surface area contributed by atoms with Crippen LogP contribution in [0.15, 0.2) is 12.1 Å². The van der Waals surface area contributed by atoms with Crippen molar-refractivity contribution in [1.82, 2.24) is 0 Å². The molecule has 0 N–H and O–H groups in total. The van der Waals surface area contributed by atoms with E-state index in [9.17, 15) is 4.39 Å². The highest BCUT2D eigenvalue weighted by Gasteiger charge is 2.15. The first-order chi connectivity index (χ1) is 6.60. The van der Waals surface area contributed by atoms with E-state index < -0.39 is 5.82 Å². The molecule has 0 saturated carbocycles. The summed E-state index contributed by atoms with van der Waals surface area (Å²) in [7, 11) is 1.46. The lowest BCUT2D eigenvalue weighted by Crippen LogP contribution is -2.01. The summed E-state index contributed by atoms with van der Waals surface area (Å²) >= 11 is 9.11. The summed E-state index contributed by atoms with van der Waals surface area (Å²) in [6, 6.07) is 2.99. The molecule has 0 aromatic heterocycles. The van der Waals surface area contributed by atoms with Crippen LogP contribution in [0.25, 0.3) is 0 Å². The molecule has 0 saturated heterocycles. The second kappa shape index (κ2) is 4.99. The minimum absolute atomic E-state index is 0.165. The van der Waals surface area contributed by atoms with E-state index in [1.54, 1.807) is 6.07 Å². The summed E-state index contributed by atoms with van der Waals surface area (Å²) in [5, 5.41) is 1.13. The van der Waals surface area contributed by atoms with Gasteiger partial charge in [0, 0.05) is 15.9 Å². The van der Waals surface area contributed by atoms with Crippen LogP contribution < -0.4 is 4.74 Å². The Morgan fingerprint density at radius 2 is 2.21 bits per heavy atom. The second-order valence-corrected chi connectivity index (χ2v) is 4.15. The normalized spacial score (nSPS) is 12.6. The average molecular weight is 282 g/mol. The van der Waals surface area contributed by atoms with E-state index in [4.69, 9.17) is 16.3 Å². The zero-order valence-corrected chi connectivity index (χ0v) is 10.3. The monoisotopic (exact) mass is 280 g/mol. The highest BCUT2D eigenvalue weighted by molar-refractivity contribution is 9.09. The molecule has 0 heterocycles. The predicted octanol–water partition coefficient (Wildman–Crippen LogP) is 3.99. The van der Waals surface area contributed by atoms with Crippen LogP contribution >= 0.6 is 27.5 Å². The fourth-order valence-electron chi connectivity index (χ4n) is 1.24. The Morgan fingerprint density at radius 1 is 1.57 bits per heavy atom. The molecule has 0 spiro atoms. The fourth-order valence-corrected chi connectivity index (χ4v) is 1.81. The summed E-state index contributed by atoms with van der Waals surface area (Å²) in [5.74, 6) is 0.0299. The molecule has 0 aliphatic rings. The second-order valence-electron chi connectivity index (χ2n) is 3.07. The molecule has 1 aromatic carbocycles. The van der Waals surface area contributed by atoms with Gasteiger partial charge in [0.2, 0.25) is 0 Å². The summed E-state index contributed by atoms with van der Waals surface area (Å²) < 4.78 is 18.4. The predicted molar refractivity (Wildman–Crippen MR) is 60.2 cm³/mol. The van der Waals surface area contributed by atoms with Gasteiger partial charge < -0.3 is 4.74 Å². The Balaban J connectivity index is 3.24. The van der Waals surface area contributed by atoms with Crippen molar-refractivity contribution in [3.63, 3.8) is 0 Å². The van der Waals surface area contributed by atoms with E-state index in [-0.39, 0.29) is 11.7 Å². The third-order valence-corrected chi connectivity index (χ3v) is 3.19. The van der Waals surface area contributed by atoms with Crippen LogP contribution in [0.4, 0.5) is 4.39 Å². The number of alkyl halides is 1. The minimum atomic E-state index is -0.414. The number of halogens is 3. The molecule has 4 heteroatoms. The van der Waals surface area contributed by atoms with Crippen LogP contribution in [-0.4, -0.2) is 12.4 Å². The van der Waals surface area contributed by atoms with Crippen molar-refractivity contribution in [2.24, 2.45) is 0 Å². The van der Waals surface area contributed by atoms with Crippen molar-refractivity contribution in [3.8, 4) is 5.75 Å². The summed E-state index contributed by atoms with van der Waals surface area (Å²) in [5.41, 5.74) is 0.786. The molecule has 1 atom stereocenters. The summed E-state index contributed by atoms with van der Waals surface area (Å²) in [6.45, 7) is 1.97. The fraction of sp³-hybridized carbons (Fsp3) is 0.400. The van der Waals surface area contributed by atoms with Gasteiger partial charge in [0.25, 0.3) is 0 Å². The number of ether oxygens (including phenoxy) is 1. The van der Waals surface area contributed by atoms with Gasteiger partial charge in [-0.2, -0.15) is 0 Å².